The zero-order valence-corrected chi connectivity index (χ0v) is 17.7. The van der Waals surface area contributed by atoms with Crippen LogP contribution in [0.3, 0.4) is 0 Å². The molecule has 6 nitrogen and oxygen atoms in total. The standard InChI is InChI=1S/C22H20BrN5O/c1-14(17-9-6-10-18(23)11-17)25-21-20-19(26-15(2)27-21)12-24-22(28-20)29-13-16-7-4-3-5-8-16/h3-12,14H,13H2,1-2H3,(H,25,26,27)/t14-/m1/s1. The fraction of sp³-hybridized carbons (Fsp3) is 0.182. The molecule has 0 spiro atoms. The summed E-state index contributed by atoms with van der Waals surface area (Å²) in [7, 11) is 0. The van der Waals surface area contributed by atoms with Gasteiger partial charge in [-0.1, -0.05) is 58.4 Å². The molecule has 29 heavy (non-hydrogen) atoms. The average molecular weight is 450 g/mol. The van der Waals surface area contributed by atoms with Crippen LogP contribution in [0.4, 0.5) is 5.82 Å². The molecule has 2 aromatic heterocycles. The van der Waals surface area contributed by atoms with Gasteiger partial charge in [0.05, 0.1) is 12.2 Å². The number of anilines is 1. The predicted octanol–water partition coefficient (Wildman–Crippen LogP) is 5.24. The van der Waals surface area contributed by atoms with Crippen LogP contribution in [0.15, 0.2) is 65.3 Å². The molecule has 0 fully saturated rings. The van der Waals surface area contributed by atoms with Gasteiger partial charge in [0, 0.05) is 4.47 Å². The number of halogens is 1. The lowest BCUT2D eigenvalue weighted by Gasteiger charge is -2.17. The Morgan fingerprint density at radius 2 is 1.86 bits per heavy atom. The van der Waals surface area contributed by atoms with Crippen LogP contribution in [-0.2, 0) is 6.61 Å². The molecule has 0 aliphatic rings. The van der Waals surface area contributed by atoms with E-state index in [9.17, 15) is 0 Å². The first-order valence-electron chi connectivity index (χ1n) is 9.28. The summed E-state index contributed by atoms with van der Waals surface area (Å²) >= 11 is 3.52. The van der Waals surface area contributed by atoms with Crippen molar-refractivity contribution in [3.63, 3.8) is 0 Å². The Hall–Kier alpha value is -3.06. The number of rotatable bonds is 6. The van der Waals surface area contributed by atoms with Gasteiger partial charge in [0.1, 0.15) is 23.5 Å². The molecule has 4 aromatic rings. The number of fused-ring (bicyclic) bond motifs is 1. The van der Waals surface area contributed by atoms with Crippen LogP contribution in [-0.4, -0.2) is 19.9 Å². The van der Waals surface area contributed by atoms with E-state index in [2.05, 4.69) is 60.2 Å². The quantitative estimate of drug-likeness (QED) is 0.433. The van der Waals surface area contributed by atoms with Crippen LogP contribution in [0.1, 0.15) is 29.9 Å². The summed E-state index contributed by atoms with van der Waals surface area (Å²) in [5, 5.41) is 3.45. The van der Waals surface area contributed by atoms with E-state index in [1.807, 2.05) is 49.4 Å². The van der Waals surface area contributed by atoms with Gasteiger partial charge < -0.3 is 10.1 Å². The number of hydrogen-bond donors (Lipinski definition) is 1. The smallest absolute Gasteiger partial charge is 0.317 e. The molecule has 0 bridgehead atoms. The molecule has 1 N–H and O–H groups in total. The molecule has 0 radical (unpaired) electrons. The predicted molar refractivity (Wildman–Crippen MR) is 117 cm³/mol. The van der Waals surface area contributed by atoms with E-state index < -0.39 is 0 Å². The van der Waals surface area contributed by atoms with Crippen molar-refractivity contribution < 1.29 is 4.74 Å². The second-order valence-electron chi connectivity index (χ2n) is 6.70. The summed E-state index contributed by atoms with van der Waals surface area (Å²) in [5.74, 6) is 1.31. The summed E-state index contributed by atoms with van der Waals surface area (Å²) in [6.07, 6.45) is 1.67. The molecular formula is C22H20BrN5O. The highest BCUT2D eigenvalue weighted by Gasteiger charge is 2.14. The minimum absolute atomic E-state index is 0.0358. The van der Waals surface area contributed by atoms with Crippen LogP contribution in [0.25, 0.3) is 11.0 Å². The molecule has 0 amide bonds. The zero-order chi connectivity index (χ0) is 20.2. The van der Waals surface area contributed by atoms with Crippen LogP contribution in [0, 0.1) is 6.92 Å². The number of nitrogens with zero attached hydrogens (tertiary/aromatic N) is 4. The first-order valence-corrected chi connectivity index (χ1v) is 10.1. The maximum Gasteiger partial charge on any atom is 0.317 e. The highest BCUT2D eigenvalue weighted by Crippen LogP contribution is 2.26. The third-order valence-corrected chi connectivity index (χ3v) is 4.93. The van der Waals surface area contributed by atoms with Crippen molar-refractivity contribution in [3.8, 4) is 6.01 Å². The van der Waals surface area contributed by atoms with Gasteiger partial charge in [-0.05, 0) is 37.1 Å². The largest absolute Gasteiger partial charge is 0.459 e. The van der Waals surface area contributed by atoms with Gasteiger partial charge in [0.2, 0.25) is 0 Å². The van der Waals surface area contributed by atoms with E-state index in [0.29, 0.717) is 35.3 Å². The number of hydrogen-bond acceptors (Lipinski definition) is 6. The van der Waals surface area contributed by atoms with Crippen molar-refractivity contribution in [3.05, 3.63) is 82.2 Å². The monoisotopic (exact) mass is 449 g/mol. The Morgan fingerprint density at radius 3 is 2.66 bits per heavy atom. The third-order valence-electron chi connectivity index (χ3n) is 4.44. The van der Waals surface area contributed by atoms with E-state index in [4.69, 9.17) is 4.74 Å². The number of aryl methyl sites for hydroxylation is 1. The molecule has 146 valence electrons. The van der Waals surface area contributed by atoms with E-state index in [-0.39, 0.29) is 6.04 Å². The molecular weight excluding hydrogens is 430 g/mol. The van der Waals surface area contributed by atoms with Crippen molar-refractivity contribution in [2.75, 3.05) is 5.32 Å². The van der Waals surface area contributed by atoms with Crippen LogP contribution in [0.2, 0.25) is 0 Å². The first kappa shape index (κ1) is 19.3. The molecule has 0 saturated carbocycles. The lowest BCUT2D eigenvalue weighted by Crippen LogP contribution is -2.10. The van der Waals surface area contributed by atoms with Gasteiger partial charge in [0.15, 0.2) is 5.82 Å². The summed E-state index contributed by atoms with van der Waals surface area (Å²) in [4.78, 5) is 17.9. The molecule has 4 rings (SSSR count). The molecule has 7 heteroatoms. The normalized spacial score (nSPS) is 12.0. The Kier molecular flexibility index (Phi) is 5.67. The van der Waals surface area contributed by atoms with Gasteiger partial charge in [-0.25, -0.2) is 15.0 Å². The van der Waals surface area contributed by atoms with Gasteiger partial charge in [0.25, 0.3) is 0 Å². The fourth-order valence-corrected chi connectivity index (χ4v) is 3.40. The Labute approximate surface area is 177 Å². The molecule has 1 atom stereocenters. The number of benzene rings is 2. The van der Waals surface area contributed by atoms with Crippen LogP contribution < -0.4 is 10.1 Å². The summed E-state index contributed by atoms with van der Waals surface area (Å²) < 4.78 is 6.81. The average Bonchev–Trinajstić information content (AvgIpc) is 2.73. The van der Waals surface area contributed by atoms with Crippen molar-refractivity contribution in [1.29, 1.82) is 0 Å². The minimum atomic E-state index is 0.0358. The first-order chi connectivity index (χ1) is 14.1. The number of aromatic nitrogens is 4. The Balaban J connectivity index is 1.62. The van der Waals surface area contributed by atoms with E-state index in [1.165, 1.54) is 0 Å². The summed E-state index contributed by atoms with van der Waals surface area (Å²) in [6, 6.07) is 18.4. The maximum atomic E-state index is 5.78. The van der Waals surface area contributed by atoms with Gasteiger partial charge in [-0.2, -0.15) is 4.98 Å². The maximum absolute atomic E-state index is 5.78. The highest BCUT2D eigenvalue weighted by atomic mass is 79.9. The third kappa shape index (κ3) is 4.68. The second kappa shape index (κ2) is 8.53. The number of ether oxygens (including phenoxy) is 1. The van der Waals surface area contributed by atoms with E-state index in [1.54, 1.807) is 6.20 Å². The molecule has 0 aliphatic carbocycles. The van der Waals surface area contributed by atoms with E-state index in [0.717, 1.165) is 15.6 Å². The van der Waals surface area contributed by atoms with Crippen LogP contribution >= 0.6 is 15.9 Å². The molecule has 0 saturated heterocycles. The SMILES string of the molecule is Cc1nc(N[C@H](C)c2cccc(Br)c2)c2nc(OCc3ccccc3)ncc2n1. The summed E-state index contributed by atoms with van der Waals surface area (Å²) in [5.41, 5.74) is 3.50. The highest BCUT2D eigenvalue weighted by molar-refractivity contribution is 9.10. The lowest BCUT2D eigenvalue weighted by molar-refractivity contribution is 0.282. The molecule has 0 aliphatic heterocycles. The fourth-order valence-electron chi connectivity index (χ4n) is 2.99. The summed E-state index contributed by atoms with van der Waals surface area (Å²) in [6.45, 7) is 4.34. The lowest BCUT2D eigenvalue weighted by atomic mass is 10.1. The van der Waals surface area contributed by atoms with Crippen LogP contribution in [0.5, 0.6) is 6.01 Å². The van der Waals surface area contributed by atoms with Gasteiger partial charge >= 0.3 is 6.01 Å². The van der Waals surface area contributed by atoms with Gasteiger partial charge in [-0.15, -0.1) is 0 Å². The van der Waals surface area contributed by atoms with E-state index >= 15 is 0 Å². The zero-order valence-electron chi connectivity index (χ0n) is 16.1. The topological polar surface area (TPSA) is 72.8 Å². The number of nitrogens with one attached hydrogen (secondary N) is 1. The molecule has 2 aromatic carbocycles. The molecule has 2 heterocycles. The van der Waals surface area contributed by atoms with Crippen molar-refractivity contribution in [2.45, 2.75) is 26.5 Å². The van der Waals surface area contributed by atoms with Crippen molar-refractivity contribution >= 4 is 32.8 Å². The van der Waals surface area contributed by atoms with Crippen molar-refractivity contribution in [2.24, 2.45) is 0 Å². The van der Waals surface area contributed by atoms with Gasteiger partial charge in [-0.3, -0.25) is 0 Å². The second-order valence-corrected chi connectivity index (χ2v) is 7.62. The Bertz CT molecular complexity index is 1140. The molecule has 0 unspecified atom stereocenters. The van der Waals surface area contributed by atoms with Crippen molar-refractivity contribution in [1.82, 2.24) is 19.9 Å². The minimum Gasteiger partial charge on any atom is -0.459 e. The Morgan fingerprint density at radius 1 is 1.03 bits per heavy atom.